The van der Waals surface area contributed by atoms with Crippen molar-refractivity contribution in [2.75, 3.05) is 30.8 Å². The highest BCUT2D eigenvalue weighted by Crippen LogP contribution is 2.23. The van der Waals surface area contributed by atoms with Gasteiger partial charge >= 0.3 is 0 Å². The zero-order chi connectivity index (χ0) is 20.7. The second-order valence-electron chi connectivity index (χ2n) is 6.17. The molecule has 28 heavy (non-hydrogen) atoms. The molecule has 0 fully saturated rings. The van der Waals surface area contributed by atoms with Crippen molar-refractivity contribution in [1.29, 1.82) is 0 Å². The molecule has 0 aromatic heterocycles. The van der Waals surface area contributed by atoms with Crippen molar-refractivity contribution in [3.63, 3.8) is 0 Å². The molecule has 0 aliphatic carbocycles. The van der Waals surface area contributed by atoms with Crippen LogP contribution in [0.3, 0.4) is 0 Å². The van der Waals surface area contributed by atoms with Gasteiger partial charge in [-0.05, 0) is 30.3 Å². The summed E-state index contributed by atoms with van der Waals surface area (Å²) in [7, 11) is 1.64. The van der Waals surface area contributed by atoms with Crippen molar-refractivity contribution in [3.05, 3.63) is 53.1 Å². The number of para-hydroxylation sites is 1. The maximum Gasteiger partial charge on any atom is 0.253 e. The second kappa shape index (κ2) is 9.75. The highest BCUT2D eigenvalue weighted by atomic mass is 35.5. The topological polar surface area (TPSA) is 87.7 Å². The van der Waals surface area contributed by atoms with Crippen LogP contribution in [0.4, 0.5) is 11.4 Å². The van der Waals surface area contributed by atoms with Crippen molar-refractivity contribution in [2.24, 2.45) is 0 Å². The van der Waals surface area contributed by atoms with Crippen molar-refractivity contribution in [3.8, 4) is 5.75 Å². The lowest BCUT2D eigenvalue weighted by molar-refractivity contribution is -0.115. The summed E-state index contributed by atoms with van der Waals surface area (Å²) in [6.07, 6.45) is 0. The van der Waals surface area contributed by atoms with Gasteiger partial charge in [-0.15, -0.1) is 0 Å². The molecule has 8 heteroatoms. The number of nitrogens with one attached hydrogen (secondary N) is 2. The largest absolute Gasteiger partial charge is 0.490 e. The van der Waals surface area contributed by atoms with Crippen LogP contribution in [0, 0.1) is 0 Å². The van der Waals surface area contributed by atoms with E-state index in [2.05, 4.69) is 10.6 Å². The van der Waals surface area contributed by atoms with E-state index in [1.165, 1.54) is 18.7 Å². The summed E-state index contributed by atoms with van der Waals surface area (Å²) in [6.45, 7) is 3.31. The molecule has 148 valence electrons. The number of rotatable bonds is 7. The van der Waals surface area contributed by atoms with E-state index in [1.807, 2.05) is 6.07 Å². The lowest BCUT2D eigenvalue weighted by Crippen LogP contribution is -2.31. The molecule has 0 saturated carbocycles. The molecule has 2 rings (SSSR count). The van der Waals surface area contributed by atoms with Gasteiger partial charge in [0, 0.05) is 37.8 Å². The number of anilines is 2. The van der Waals surface area contributed by atoms with E-state index in [0.717, 1.165) is 0 Å². The monoisotopic (exact) mass is 403 g/mol. The summed E-state index contributed by atoms with van der Waals surface area (Å²) in [6, 6.07) is 11.8. The van der Waals surface area contributed by atoms with Crippen LogP contribution in [0.1, 0.15) is 24.2 Å². The number of amides is 3. The number of nitrogens with zero attached hydrogens (tertiary/aromatic N) is 1. The Kier molecular flexibility index (Phi) is 7.40. The number of carbonyl (C=O) groups is 3. The Balaban J connectivity index is 2.08. The number of hydrogen-bond acceptors (Lipinski definition) is 4. The summed E-state index contributed by atoms with van der Waals surface area (Å²) in [5.74, 6) is -0.285. The smallest absolute Gasteiger partial charge is 0.253 e. The Morgan fingerprint density at radius 1 is 1.00 bits per heavy atom. The van der Waals surface area contributed by atoms with Crippen LogP contribution in [-0.2, 0) is 9.59 Å². The molecule has 2 aromatic rings. The van der Waals surface area contributed by atoms with Crippen LogP contribution >= 0.6 is 11.6 Å². The minimum Gasteiger partial charge on any atom is -0.490 e. The lowest BCUT2D eigenvalue weighted by Gasteiger charge is -2.19. The maximum absolute atomic E-state index is 12.7. The SMILES string of the molecule is CC(=O)Nc1cc(NC(C)=O)cc(C(=O)N(C)CCOc2ccccc2Cl)c1. The van der Waals surface area contributed by atoms with Gasteiger partial charge in [-0.3, -0.25) is 14.4 Å². The zero-order valence-corrected chi connectivity index (χ0v) is 16.7. The van der Waals surface area contributed by atoms with Crippen LogP contribution < -0.4 is 15.4 Å². The molecule has 3 amide bonds. The first-order chi connectivity index (χ1) is 13.3. The standard InChI is InChI=1S/C20H22ClN3O4/c1-13(25)22-16-10-15(11-17(12-16)23-14(2)26)20(27)24(3)8-9-28-19-7-5-4-6-18(19)21/h4-7,10-12H,8-9H2,1-3H3,(H,22,25)(H,23,26). The third kappa shape index (κ3) is 6.28. The Labute approximate surface area is 168 Å². The number of halogens is 1. The zero-order valence-electron chi connectivity index (χ0n) is 15.9. The Morgan fingerprint density at radius 2 is 1.57 bits per heavy atom. The van der Waals surface area contributed by atoms with Crippen LogP contribution in [0.2, 0.25) is 5.02 Å². The number of ether oxygens (including phenoxy) is 1. The predicted octanol–water partition coefficient (Wildman–Crippen LogP) is 3.41. The summed E-state index contributed by atoms with van der Waals surface area (Å²) in [4.78, 5) is 36.9. The number of likely N-dealkylation sites (N-methyl/N-ethyl adjacent to an activating group) is 1. The maximum atomic E-state index is 12.7. The molecule has 0 spiro atoms. The Morgan fingerprint density at radius 3 is 2.11 bits per heavy atom. The average Bonchev–Trinajstić information content (AvgIpc) is 2.61. The van der Waals surface area contributed by atoms with E-state index in [1.54, 1.807) is 43.4 Å². The molecule has 7 nitrogen and oxygen atoms in total. The molecule has 0 unspecified atom stereocenters. The highest BCUT2D eigenvalue weighted by Gasteiger charge is 2.15. The van der Waals surface area contributed by atoms with Crippen molar-refractivity contribution < 1.29 is 19.1 Å². The number of benzene rings is 2. The fraction of sp³-hybridized carbons (Fsp3) is 0.250. The Hall–Kier alpha value is -3.06. The molecule has 0 radical (unpaired) electrons. The normalized spacial score (nSPS) is 10.1. The van der Waals surface area contributed by atoms with Gasteiger partial charge < -0.3 is 20.3 Å². The van der Waals surface area contributed by atoms with E-state index in [9.17, 15) is 14.4 Å². The lowest BCUT2D eigenvalue weighted by atomic mass is 10.1. The number of hydrogen-bond donors (Lipinski definition) is 2. The van der Waals surface area contributed by atoms with E-state index in [4.69, 9.17) is 16.3 Å². The molecule has 0 saturated heterocycles. The Bertz CT molecular complexity index is 851. The molecular formula is C20H22ClN3O4. The third-order valence-electron chi connectivity index (χ3n) is 3.69. The van der Waals surface area contributed by atoms with Gasteiger partial charge in [0.25, 0.3) is 5.91 Å². The summed E-state index contributed by atoms with van der Waals surface area (Å²) in [5.41, 5.74) is 1.17. The van der Waals surface area contributed by atoms with Crippen LogP contribution in [0.25, 0.3) is 0 Å². The molecule has 2 N–H and O–H groups in total. The van der Waals surface area contributed by atoms with E-state index in [0.29, 0.717) is 34.3 Å². The molecule has 2 aromatic carbocycles. The van der Waals surface area contributed by atoms with Crippen LogP contribution in [-0.4, -0.2) is 42.8 Å². The summed E-state index contributed by atoms with van der Waals surface area (Å²) >= 11 is 6.04. The van der Waals surface area contributed by atoms with E-state index < -0.39 is 0 Å². The van der Waals surface area contributed by atoms with Gasteiger partial charge in [-0.1, -0.05) is 23.7 Å². The first-order valence-corrected chi connectivity index (χ1v) is 8.97. The predicted molar refractivity (Wildman–Crippen MR) is 109 cm³/mol. The first kappa shape index (κ1) is 21.2. The van der Waals surface area contributed by atoms with Crippen LogP contribution in [0.15, 0.2) is 42.5 Å². The average molecular weight is 404 g/mol. The van der Waals surface area contributed by atoms with Crippen molar-refractivity contribution in [2.45, 2.75) is 13.8 Å². The molecule has 0 atom stereocenters. The third-order valence-corrected chi connectivity index (χ3v) is 4.00. The summed E-state index contributed by atoms with van der Waals surface area (Å²) < 4.78 is 5.61. The fourth-order valence-electron chi connectivity index (χ4n) is 2.48. The first-order valence-electron chi connectivity index (χ1n) is 8.59. The minimum atomic E-state index is -0.278. The molecule has 0 bridgehead atoms. The molecular weight excluding hydrogens is 382 g/mol. The van der Waals surface area contributed by atoms with Crippen LogP contribution in [0.5, 0.6) is 5.75 Å². The van der Waals surface area contributed by atoms with E-state index in [-0.39, 0.29) is 24.3 Å². The van der Waals surface area contributed by atoms with Gasteiger partial charge in [-0.2, -0.15) is 0 Å². The van der Waals surface area contributed by atoms with Gasteiger partial charge in [0.15, 0.2) is 0 Å². The summed E-state index contributed by atoms with van der Waals surface area (Å²) in [5, 5.41) is 5.75. The molecule has 0 heterocycles. The second-order valence-corrected chi connectivity index (χ2v) is 6.57. The van der Waals surface area contributed by atoms with Gasteiger partial charge in [-0.25, -0.2) is 0 Å². The fourth-order valence-corrected chi connectivity index (χ4v) is 2.67. The van der Waals surface area contributed by atoms with Gasteiger partial charge in [0.05, 0.1) is 11.6 Å². The van der Waals surface area contributed by atoms with Gasteiger partial charge in [0.1, 0.15) is 12.4 Å². The molecule has 0 aliphatic heterocycles. The van der Waals surface area contributed by atoms with Gasteiger partial charge in [0.2, 0.25) is 11.8 Å². The minimum absolute atomic E-state index is 0.260. The van der Waals surface area contributed by atoms with E-state index >= 15 is 0 Å². The molecule has 0 aliphatic rings. The van der Waals surface area contributed by atoms with Crippen molar-refractivity contribution >= 4 is 40.7 Å². The van der Waals surface area contributed by atoms with Crippen molar-refractivity contribution in [1.82, 2.24) is 4.90 Å². The quantitative estimate of drug-likeness (QED) is 0.741. The highest BCUT2D eigenvalue weighted by molar-refractivity contribution is 6.32. The number of carbonyl (C=O) groups excluding carboxylic acids is 3.